The molecule has 0 aromatic rings. The molecule has 0 aromatic heterocycles. The summed E-state index contributed by atoms with van der Waals surface area (Å²) in [5.74, 6) is 1.05. The summed E-state index contributed by atoms with van der Waals surface area (Å²) in [4.78, 5) is 0. The topological polar surface area (TPSA) is 37.6 Å². The van der Waals surface area contributed by atoms with Gasteiger partial charge in [-0.1, -0.05) is 0 Å². The van der Waals surface area contributed by atoms with E-state index in [2.05, 4.69) is 20.8 Å². The zero-order chi connectivity index (χ0) is 10.7. The van der Waals surface area contributed by atoms with Gasteiger partial charge in [-0.2, -0.15) is 0 Å². The molecule has 3 aliphatic rings. The van der Waals surface area contributed by atoms with Crippen molar-refractivity contribution < 1.29 is 14.2 Å². The Morgan fingerprint density at radius 3 is 1.80 bits per heavy atom. The molecule has 0 amide bonds. The van der Waals surface area contributed by atoms with Gasteiger partial charge in [-0.25, -0.2) is 0 Å². The van der Waals surface area contributed by atoms with E-state index in [1.165, 1.54) is 0 Å². The van der Waals surface area contributed by atoms with E-state index in [0.717, 1.165) is 25.6 Å². The van der Waals surface area contributed by atoms with Crippen LogP contribution >= 0.6 is 11.8 Å². The summed E-state index contributed by atoms with van der Waals surface area (Å²) in [7, 11) is 0. The van der Waals surface area contributed by atoms with Crippen LogP contribution in [0.3, 0.4) is 0 Å². The first-order chi connectivity index (χ1) is 6.96. The summed E-state index contributed by atoms with van der Waals surface area (Å²) in [5, 5.41) is 0.450. The summed E-state index contributed by atoms with van der Waals surface area (Å²) in [6, 6.07) is 0. The van der Waals surface area contributed by atoms with Crippen molar-refractivity contribution in [2.75, 3.05) is 25.6 Å². The fourth-order valence-corrected chi connectivity index (χ4v) is 3.66. The van der Waals surface area contributed by atoms with Crippen LogP contribution in [-0.2, 0) is 14.2 Å². The molecule has 3 rings (SSSR count). The van der Waals surface area contributed by atoms with Gasteiger partial charge in [0.05, 0.1) is 30.7 Å². The van der Waals surface area contributed by atoms with Gasteiger partial charge in [0.25, 0.3) is 0 Å². The molecule has 3 unspecified atom stereocenters. The van der Waals surface area contributed by atoms with E-state index in [1.807, 2.05) is 11.8 Å². The van der Waals surface area contributed by atoms with Crippen molar-refractivity contribution in [3.05, 3.63) is 0 Å². The Labute approximate surface area is 94.8 Å². The minimum absolute atomic E-state index is 0.0428. The van der Waals surface area contributed by atoms with Gasteiger partial charge in [-0.3, -0.25) is 0 Å². The quantitative estimate of drug-likeness (QED) is 0.670. The van der Waals surface area contributed by atoms with Gasteiger partial charge in [0.2, 0.25) is 0 Å². The minimum Gasteiger partial charge on any atom is -0.369 e. The second-order valence-electron chi connectivity index (χ2n) is 5.63. The molecule has 0 saturated carbocycles. The third-order valence-electron chi connectivity index (χ3n) is 3.50. The van der Waals surface area contributed by atoms with Crippen molar-refractivity contribution in [3.63, 3.8) is 0 Å². The molecule has 0 radical (unpaired) electrons. The summed E-state index contributed by atoms with van der Waals surface area (Å²) in [6.45, 7) is 9.20. The Morgan fingerprint density at radius 1 is 1.00 bits per heavy atom. The van der Waals surface area contributed by atoms with Crippen LogP contribution in [0.1, 0.15) is 20.8 Å². The zero-order valence-corrected chi connectivity index (χ0v) is 10.4. The van der Waals surface area contributed by atoms with Gasteiger partial charge in [-0.05, 0) is 20.8 Å². The second-order valence-corrected chi connectivity index (χ2v) is 6.73. The van der Waals surface area contributed by atoms with Crippen LogP contribution in [0.25, 0.3) is 0 Å². The predicted molar refractivity (Wildman–Crippen MR) is 59.3 cm³/mol. The molecular weight excluding hydrogens is 212 g/mol. The lowest BCUT2D eigenvalue weighted by Gasteiger charge is -2.25. The van der Waals surface area contributed by atoms with Crippen LogP contribution in [0, 0.1) is 0 Å². The normalized spacial score (nSPS) is 53.8. The van der Waals surface area contributed by atoms with Crippen molar-refractivity contribution in [3.8, 4) is 0 Å². The average Bonchev–Trinajstić information content (AvgIpc) is 3.02. The van der Waals surface area contributed by atoms with Crippen molar-refractivity contribution in [1.29, 1.82) is 0 Å². The van der Waals surface area contributed by atoms with Crippen LogP contribution in [0.15, 0.2) is 0 Å². The highest BCUT2D eigenvalue weighted by Gasteiger charge is 2.61. The van der Waals surface area contributed by atoms with Crippen molar-refractivity contribution in [1.82, 2.24) is 0 Å². The summed E-state index contributed by atoms with van der Waals surface area (Å²) in [6.07, 6.45) is 0. The van der Waals surface area contributed by atoms with E-state index < -0.39 is 0 Å². The van der Waals surface area contributed by atoms with Gasteiger partial charge in [-0.15, -0.1) is 11.8 Å². The lowest BCUT2D eigenvalue weighted by Crippen LogP contribution is -2.37. The summed E-state index contributed by atoms with van der Waals surface area (Å²) < 4.78 is 16.5. The highest BCUT2D eigenvalue weighted by molar-refractivity contribution is 8.00. The Balaban J connectivity index is 1.63. The molecule has 0 N–H and O–H groups in total. The van der Waals surface area contributed by atoms with Gasteiger partial charge in [0.1, 0.15) is 11.2 Å². The Hall–Kier alpha value is 0.230. The number of hydrogen-bond acceptors (Lipinski definition) is 4. The highest BCUT2D eigenvalue weighted by atomic mass is 32.2. The molecule has 0 aliphatic carbocycles. The van der Waals surface area contributed by atoms with E-state index in [9.17, 15) is 0 Å². The second kappa shape index (κ2) is 2.92. The van der Waals surface area contributed by atoms with E-state index in [1.54, 1.807) is 0 Å². The molecule has 3 fully saturated rings. The summed E-state index contributed by atoms with van der Waals surface area (Å²) >= 11 is 1.95. The number of ether oxygens (including phenoxy) is 3. The molecular formula is C11H18O3S. The molecule has 3 heterocycles. The lowest BCUT2D eigenvalue weighted by atomic mass is 9.98. The van der Waals surface area contributed by atoms with E-state index in [-0.39, 0.29) is 16.8 Å². The fraction of sp³-hybridized carbons (Fsp3) is 1.00. The van der Waals surface area contributed by atoms with Crippen LogP contribution < -0.4 is 0 Å². The van der Waals surface area contributed by atoms with Crippen LogP contribution in [-0.4, -0.2) is 47.6 Å². The first kappa shape index (κ1) is 10.4. The number of epoxide rings is 3. The van der Waals surface area contributed by atoms with E-state index in [4.69, 9.17) is 14.2 Å². The van der Waals surface area contributed by atoms with Gasteiger partial charge < -0.3 is 14.2 Å². The fourth-order valence-electron chi connectivity index (χ4n) is 1.99. The molecule has 3 atom stereocenters. The standard InChI is InChI=1S/C11H18O3S/c1-9(4-12-9)7-15-8(10(2)5-13-10)11(3)6-14-11/h8H,4-7H2,1-3H3. The molecule has 4 heteroatoms. The Morgan fingerprint density at radius 2 is 1.47 bits per heavy atom. The van der Waals surface area contributed by atoms with Gasteiger partial charge in [0.15, 0.2) is 0 Å². The maximum Gasteiger partial charge on any atom is 0.103 e. The average molecular weight is 230 g/mol. The Bertz CT molecular complexity index is 262. The molecule has 0 bridgehead atoms. The van der Waals surface area contributed by atoms with Gasteiger partial charge >= 0.3 is 0 Å². The monoisotopic (exact) mass is 230 g/mol. The summed E-state index contributed by atoms with van der Waals surface area (Å²) in [5.41, 5.74) is 0.210. The minimum atomic E-state index is 0.0428. The maximum atomic E-state index is 5.57. The lowest BCUT2D eigenvalue weighted by molar-refractivity contribution is 0.237. The van der Waals surface area contributed by atoms with E-state index in [0.29, 0.717) is 5.25 Å². The molecule has 3 saturated heterocycles. The van der Waals surface area contributed by atoms with Crippen LogP contribution in [0.5, 0.6) is 0 Å². The first-order valence-corrected chi connectivity index (χ1v) is 6.54. The van der Waals surface area contributed by atoms with Crippen LogP contribution in [0.2, 0.25) is 0 Å². The maximum absolute atomic E-state index is 5.57. The largest absolute Gasteiger partial charge is 0.369 e. The van der Waals surface area contributed by atoms with Crippen molar-refractivity contribution >= 4 is 11.8 Å². The molecule has 3 nitrogen and oxygen atoms in total. The van der Waals surface area contributed by atoms with Gasteiger partial charge in [0, 0.05) is 5.75 Å². The molecule has 15 heavy (non-hydrogen) atoms. The number of thioether (sulfide) groups is 1. The predicted octanol–water partition coefficient (Wildman–Crippen LogP) is 1.45. The molecule has 3 aliphatic heterocycles. The zero-order valence-electron chi connectivity index (χ0n) is 9.54. The SMILES string of the molecule is CC1(CSC(C2(C)CO2)C2(C)CO2)CO1. The molecule has 86 valence electrons. The van der Waals surface area contributed by atoms with Crippen molar-refractivity contribution in [2.24, 2.45) is 0 Å². The van der Waals surface area contributed by atoms with Crippen LogP contribution in [0.4, 0.5) is 0 Å². The number of rotatable bonds is 5. The highest BCUT2D eigenvalue weighted by Crippen LogP contribution is 2.50. The third-order valence-corrected chi connectivity index (χ3v) is 5.61. The molecule has 0 spiro atoms. The van der Waals surface area contributed by atoms with Crippen molar-refractivity contribution in [2.45, 2.75) is 42.8 Å². The van der Waals surface area contributed by atoms with E-state index >= 15 is 0 Å². The molecule has 0 aromatic carbocycles. The Kier molecular flexibility index (Phi) is 2.02. The first-order valence-electron chi connectivity index (χ1n) is 5.49. The third kappa shape index (κ3) is 1.93. The number of hydrogen-bond donors (Lipinski definition) is 0. The smallest absolute Gasteiger partial charge is 0.103 e.